The Hall–Kier alpha value is -3.31. The molecule has 162 valence electrons. The number of para-hydroxylation sites is 1. The molecule has 0 N–H and O–H groups in total. The summed E-state index contributed by atoms with van der Waals surface area (Å²) in [6, 6.07) is 24.2. The van der Waals surface area contributed by atoms with Crippen molar-refractivity contribution in [1.29, 1.82) is 0 Å². The Kier molecular flexibility index (Phi) is 6.76. The van der Waals surface area contributed by atoms with Crippen molar-refractivity contribution in [2.24, 2.45) is 0 Å². The van der Waals surface area contributed by atoms with E-state index in [-0.39, 0.29) is 0 Å². The number of aromatic nitrogens is 1. The summed E-state index contributed by atoms with van der Waals surface area (Å²) < 4.78 is 11.4. The van der Waals surface area contributed by atoms with Crippen LogP contribution in [0, 0.1) is 13.8 Å². The average Bonchev–Trinajstić information content (AvgIpc) is 2.81. The zero-order chi connectivity index (χ0) is 22.5. The van der Waals surface area contributed by atoms with Crippen LogP contribution in [-0.2, 0) is 17.1 Å². The van der Waals surface area contributed by atoms with Gasteiger partial charge in [0, 0.05) is 11.1 Å². The molecule has 1 heterocycles. The highest BCUT2D eigenvalue weighted by Crippen LogP contribution is 2.37. The van der Waals surface area contributed by atoms with E-state index in [1.54, 1.807) is 0 Å². The second kappa shape index (κ2) is 9.88. The number of rotatable bonds is 7. The Balaban J connectivity index is 1.74. The molecule has 1 aromatic heterocycles. The lowest BCUT2D eigenvalue weighted by Crippen LogP contribution is -2.10. The third kappa shape index (κ3) is 4.94. The summed E-state index contributed by atoms with van der Waals surface area (Å²) in [5.41, 5.74) is 5.74. The van der Waals surface area contributed by atoms with Crippen molar-refractivity contribution in [3.63, 3.8) is 0 Å². The highest BCUT2D eigenvalue weighted by Gasteiger charge is 2.24. The molecule has 0 fully saturated rings. The van der Waals surface area contributed by atoms with E-state index in [1.807, 2.05) is 61.5 Å². The van der Waals surface area contributed by atoms with E-state index < -0.39 is 5.97 Å². The predicted molar refractivity (Wildman–Crippen MR) is 129 cm³/mol. The zero-order valence-corrected chi connectivity index (χ0v) is 19.2. The maximum atomic E-state index is 12.9. The number of methoxy groups -OCH3 is 1. The van der Waals surface area contributed by atoms with E-state index in [1.165, 1.54) is 35.6 Å². The molecule has 5 heteroatoms. The molecule has 0 saturated carbocycles. The Morgan fingerprint density at radius 2 is 1.69 bits per heavy atom. The first-order valence-electron chi connectivity index (χ1n) is 10.4. The molecule has 4 nitrogen and oxygen atoms in total. The molecule has 4 aromatic rings. The molecular weight excluding hydrogens is 418 g/mol. The minimum atomic E-state index is -0.450. The van der Waals surface area contributed by atoms with Gasteiger partial charge >= 0.3 is 5.97 Å². The van der Waals surface area contributed by atoms with Gasteiger partial charge in [0.2, 0.25) is 0 Å². The number of carbonyl (C=O) groups is 1. The van der Waals surface area contributed by atoms with Gasteiger partial charge in [0.15, 0.2) is 0 Å². The fraction of sp³-hybridized carbons (Fsp3) is 0.185. The van der Waals surface area contributed by atoms with Gasteiger partial charge in [-0.25, -0.2) is 9.78 Å². The molecule has 0 atom stereocenters. The van der Waals surface area contributed by atoms with Crippen molar-refractivity contribution in [1.82, 2.24) is 4.98 Å². The molecular formula is C27H25NO3S. The van der Waals surface area contributed by atoms with Gasteiger partial charge < -0.3 is 9.47 Å². The van der Waals surface area contributed by atoms with Gasteiger partial charge in [0.1, 0.15) is 22.9 Å². The first kappa shape index (κ1) is 21.9. The third-order valence-electron chi connectivity index (χ3n) is 5.16. The summed E-state index contributed by atoms with van der Waals surface area (Å²) in [5, 5.41) is 1.40. The van der Waals surface area contributed by atoms with Gasteiger partial charge in [0.25, 0.3) is 0 Å². The van der Waals surface area contributed by atoms with E-state index in [0.29, 0.717) is 28.7 Å². The summed E-state index contributed by atoms with van der Waals surface area (Å²) >= 11 is 1.51. The van der Waals surface area contributed by atoms with Crippen LogP contribution >= 0.6 is 11.8 Å². The second-order valence-electron chi connectivity index (χ2n) is 7.68. The van der Waals surface area contributed by atoms with Gasteiger partial charge in [-0.05, 0) is 37.1 Å². The Bertz CT molecular complexity index is 1250. The molecule has 0 saturated heterocycles. The molecule has 0 spiro atoms. The summed E-state index contributed by atoms with van der Waals surface area (Å²) in [4.78, 5) is 17.7. The van der Waals surface area contributed by atoms with E-state index in [9.17, 15) is 4.79 Å². The summed E-state index contributed by atoms with van der Waals surface area (Å²) in [6.45, 7) is 4.47. The summed E-state index contributed by atoms with van der Waals surface area (Å²) in [6.07, 6.45) is 0. The van der Waals surface area contributed by atoms with Crippen LogP contribution in [0.1, 0.15) is 32.6 Å². The normalized spacial score (nSPS) is 10.8. The van der Waals surface area contributed by atoms with Crippen LogP contribution in [0.3, 0.4) is 0 Å². The predicted octanol–water partition coefficient (Wildman–Crippen LogP) is 6.51. The van der Waals surface area contributed by atoms with Crippen LogP contribution < -0.4 is 4.74 Å². The first-order chi connectivity index (χ1) is 15.5. The van der Waals surface area contributed by atoms with E-state index in [4.69, 9.17) is 14.5 Å². The number of thioether (sulfide) groups is 1. The van der Waals surface area contributed by atoms with Gasteiger partial charge in [-0.3, -0.25) is 0 Å². The smallest absolute Gasteiger partial charge is 0.344 e. The topological polar surface area (TPSA) is 48.4 Å². The fourth-order valence-electron chi connectivity index (χ4n) is 3.49. The molecule has 32 heavy (non-hydrogen) atoms. The lowest BCUT2D eigenvalue weighted by atomic mass is 10.1. The summed E-state index contributed by atoms with van der Waals surface area (Å²) in [7, 11) is 1.39. The monoisotopic (exact) mass is 443 g/mol. The van der Waals surface area contributed by atoms with Crippen molar-refractivity contribution < 1.29 is 14.3 Å². The number of nitrogens with zero attached hydrogens (tertiary/aromatic N) is 1. The van der Waals surface area contributed by atoms with Crippen molar-refractivity contribution in [2.45, 2.75) is 31.2 Å². The van der Waals surface area contributed by atoms with Gasteiger partial charge in [-0.15, -0.1) is 11.8 Å². The fourth-order valence-corrected chi connectivity index (χ4v) is 4.46. The van der Waals surface area contributed by atoms with Gasteiger partial charge in [-0.2, -0.15) is 0 Å². The van der Waals surface area contributed by atoms with E-state index in [2.05, 4.69) is 25.1 Å². The zero-order valence-electron chi connectivity index (χ0n) is 18.4. The molecule has 0 aliphatic carbocycles. The molecule has 4 rings (SSSR count). The number of benzene rings is 3. The maximum Gasteiger partial charge on any atom is 0.344 e. The molecule has 3 aromatic carbocycles. The van der Waals surface area contributed by atoms with Crippen LogP contribution in [0.2, 0.25) is 0 Å². The van der Waals surface area contributed by atoms with Crippen molar-refractivity contribution >= 4 is 28.6 Å². The number of fused-ring (bicyclic) bond motifs is 1. The van der Waals surface area contributed by atoms with Crippen LogP contribution in [0.5, 0.6) is 5.75 Å². The Labute approximate surface area is 192 Å². The summed E-state index contributed by atoms with van der Waals surface area (Å²) in [5.74, 6) is 0.748. The lowest BCUT2D eigenvalue weighted by Gasteiger charge is -2.16. The van der Waals surface area contributed by atoms with E-state index in [0.717, 1.165) is 16.5 Å². The average molecular weight is 444 g/mol. The number of hydrogen-bond donors (Lipinski definition) is 0. The van der Waals surface area contributed by atoms with Crippen LogP contribution in [0.15, 0.2) is 77.8 Å². The molecule has 0 aliphatic heterocycles. The quantitative estimate of drug-likeness (QED) is 0.241. The minimum absolute atomic E-state index is 0.347. The number of ether oxygens (including phenoxy) is 2. The van der Waals surface area contributed by atoms with Crippen LogP contribution in [-0.4, -0.2) is 18.1 Å². The molecule has 0 amide bonds. The Morgan fingerprint density at radius 1 is 0.906 bits per heavy atom. The number of aryl methyl sites for hydroxylation is 2. The Morgan fingerprint density at radius 3 is 2.44 bits per heavy atom. The molecule has 0 unspecified atom stereocenters. The molecule has 0 radical (unpaired) electrons. The highest BCUT2D eigenvalue weighted by atomic mass is 32.2. The van der Waals surface area contributed by atoms with Gasteiger partial charge in [-0.1, -0.05) is 71.8 Å². The number of esters is 1. The van der Waals surface area contributed by atoms with Crippen LogP contribution in [0.25, 0.3) is 10.9 Å². The van der Waals surface area contributed by atoms with Crippen molar-refractivity contribution in [2.75, 3.05) is 7.11 Å². The molecule has 0 bridgehead atoms. The molecule has 0 aliphatic rings. The van der Waals surface area contributed by atoms with Gasteiger partial charge in [0.05, 0.1) is 12.6 Å². The standard InChI is InChI=1S/C27H25NO3S/c1-18-11-13-20(14-12-18)16-31-25-22-9-4-5-10-23(22)28-26(24(25)27(29)30-3)32-17-21-8-6-7-19(2)15-21/h4-15H,16-17H2,1-3H3. The maximum absolute atomic E-state index is 12.9. The number of carbonyl (C=O) groups excluding carboxylic acids is 1. The van der Waals surface area contributed by atoms with Crippen molar-refractivity contribution in [3.05, 3.63) is 101 Å². The van der Waals surface area contributed by atoms with E-state index >= 15 is 0 Å². The van der Waals surface area contributed by atoms with Crippen molar-refractivity contribution in [3.8, 4) is 5.75 Å². The number of pyridine rings is 1. The highest BCUT2D eigenvalue weighted by molar-refractivity contribution is 7.98. The number of hydrogen-bond acceptors (Lipinski definition) is 5. The largest absolute Gasteiger partial charge is 0.487 e. The second-order valence-corrected chi connectivity index (χ2v) is 8.65. The lowest BCUT2D eigenvalue weighted by molar-refractivity contribution is 0.0590. The first-order valence-corrected chi connectivity index (χ1v) is 11.4. The van der Waals surface area contributed by atoms with Crippen LogP contribution in [0.4, 0.5) is 0 Å². The SMILES string of the molecule is COC(=O)c1c(SCc2cccc(C)c2)nc2ccccc2c1OCc1ccc(C)cc1. The third-order valence-corrected chi connectivity index (χ3v) is 6.21. The minimum Gasteiger partial charge on any atom is -0.487 e.